The Hall–Kier alpha value is -3.95. The lowest BCUT2D eigenvalue weighted by Gasteiger charge is -2.15. The fourth-order valence-electron chi connectivity index (χ4n) is 5.35. The molecule has 1 heterocycles. The average molecular weight is 516 g/mol. The van der Waals surface area contributed by atoms with Crippen molar-refractivity contribution < 1.29 is 4.39 Å². The zero-order chi connectivity index (χ0) is 23.5. The van der Waals surface area contributed by atoms with E-state index >= 15 is 4.39 Å². The molecule has 0 fully saturated rings. The molecule has 0 aliphatic rings. The van der Waals surface area contributed by atoms with E-state index in [2.05, 4.69) is 81.2 Å². The number of aromatic nitrogens is 1. The molecule has 0 saturated heterocycles. The summed E-state index contributed by atoms with van der Waals surface area (Å²) in [5.41, 5.74) is 4.64. The summed E-state index contributed by atoms with van der Waals surface area (Å²) in [7, 11) is 0. The molecule has 166 valence electrons. The summed E-state index contributed by atoms with van der Waals surface area (Å²) in [6.45, 7) is 0. The van der Waals surface area contributed by atoms with Gasteiger partial charge >= 0.3 is 0 Å². The molecule has 0 aliphatic carbocycles. The number of halogens is 2. The van der Waals surface area contributed by atoms with Gasteiger partial charge in [0.05, 0.1) is 11.0 Å². The van der Waals surface area contributed by atoms with Gasteiger partial charge in [-0.05, 0) is 64.0 Å². The molecule has 0 aliphatic heterocycles. The number of hydrogen-bond acceptors (Lipinski definition) is 0. The molecule has 0 N–H and O–H groups in total. The Bertz CT molecular complexity index is 1930. The number of para-hydroxylation sites is 1. The third-order valence-electron chi connectivity index (χ3n) is 6.85. The fraction of sp³-hybridized carbons (Fsp3) is 0. The van der Waals surface area contributed by atoms with Gasteiger partial charge in [-0.1, -0.05) is 88.7 Å². The van der Waals surface area contributed by atoms with Crippen molar-refractivity contribution in [2.24, 2.45) is 0 Å². The first-order valence-electron chi connectivity index (χ1n) is 11.6. The van der Waals surface area contributed by atoms with Crippen molar-refractivity contribution in [2.45, 2.75) is 0 Å². The van der Waals surface area contributed by atoms with E-state index in [0.29, 0.717) is 5.56 Å². The zero-order valence-electron chi connectivity index (χ0n) is 18.7. The number of benzene rings is 6. The van der Waals surface area contributed by atoms with Crippen molar-refractivity contribution in [1.82, 2.24) is 4.57 Å². The number of hydrogen-bond donors (Lipinski definition) is 0. The van der Waals surface area contributed by atoms with Gasteiger partial charge in [0, 0.05) is 32.1 Å². The Morgan fingerprint density at radius 1 is 0.571 bits per heavy atom. The van der Waals surface area contributed by atoms with Crippen LogP contribution in [0, 0.1) is 5.82 Å². The van der Waals surface area contributed by atoms with E-state index in [0.717, 1.165) is 59.1 Å². The van der Waals surface area contributed by atoms with Gasteiger partial charge in [0.1, 0.15) is 5.82 Å². The van der Waals surface area contributed by atoms with Crippen molar-refractivity contribution in [3.8, 4) is 16.8 Å². The highest BCUT2D eigenvalue weighted by Gasteiger charge is 2.21. The number of fused-ring (bicyclic) bond motifs is 6. The molecule has 0 bridgehead atoms. The molecule has 6 aromatic carbocycles. The Morgan fingerprint density at radius 3 is 2.03 bits per heavy atom. The van der Waals surface area contributed by atoms with E-state index in [1.165, 1.54) is 0 Å². The first-order valence-corrected chi connectivity index (χ1v) is 12.4. The molecule has 0 unspecified atom stereocenters. The summed E-state index contributed by atoms with van der Waals surface area (Å²) in [6, 6.07) is 38.8. The molecule has 7 rings (SSSR count). The molecule has 0 spiro atoms. The second kappa shape index (κ2) is 7.79. The van der Waals surface area contributed by atoms with E-state index < -0.39 is 0 Å². The average Bonchev–Trinajstić information content (AvgIpc) is 3.23. The van der Waals surface area contributed by atoms with Gasteiger partial charge in [-0.25, -0.2) is 4.39 Å². The number of rotatable bonds is 2. The van der Waals surface area contributed by atoms with Crippen LogP contribution in [0.5, 0.6) is 0 Å². The van der Waals surface area contributed by atoms with Gasteiger partial charge in [0.2, 0.25) is 0 Å². The smallest absolute Gasteiger partial charge is 0.131 e. The highest BCUT2D eigenvalue weighted by Crippen LogP contribution is 2.43. The lowest BCUT2D eigenvalue weighted by molar-refractivity contribution is 0.633. The van der Waals surface area contributed by atoms with Crippen LogP contribution in [0.25, 0.3) is 60.2 Å². The van der Waals surface area contributed by atoms with Crippen LogP contribution in [0.1, 0.15) is 0 Å². The van der Waals surface area contributed by atoms with Crippen LogP contribution in [0.3, 0.4) is 0 Å². The van der Waals surface area contributed by atoms with Crippen LogP contribution < -0.4 is 0 Å². The van der Waals surface area contributed by atoms with Gasteiger partial charge < -0.3 is 4.57 Å². The van der Waals surface area contributed by atoms with Crippen molar-refractivity contribution >= 4 is 59.3 Å². The Kier molecular flexibility index (Phi) is 4.55. The van der Waals surface area contributed by atoms with Gasteiger partial charge in [0.25, 0.3) is 0 Å². The molecule has 0 radical (unpaired) electrons. The summed E-state index contributed by atoms with van der Waals surface area (Å²) in [6.07, 6.45) is 0. The van der Waals surface area contributed by atoms with Crippen molar-refractivity contribution in [3.63, 3.8) is 0 Å². The maximum atomic E-state index is 15.8. The Labute approximate surface area is 210 Å². The van der Waals surface area contributed by atoms with Crippen LogP contribution in [0.4, 0.5) is 4.39 Å². The predicted octanol–water partition coefficient (Wildman–Crippen LogP) is 9.66. The minimum Gasteiger partial charge on any atom is -0.309 e. The van der Waals surface area contributed by atoms with Gasteiger partial charge in [-0.3, -0.25) is 0 Å². The number of nitrogens with zero attached hydrogens (tertiary/aromatic N) is 1. The standard InChI is InChI=1S/C32H19BrFN/c33-23-11-7-12-24(19-23)35-30-15-6-5-14-26(30)31-25-13-4-3-10-22(25)17-28(32(31)35)27-16-20-8-1-2-9-21(20)18-29(27)34/h1-19H. The van der Waals surface area contributed by atoms with Gasteiger partial charge in [-0.15, -0.1) is 0 Å². The van der Waals surface area contributed by atoms with Crippen LogP contribution >= 0.6 is 15.9 Å². The molecule has 35 heavy (non-hydrogen) atoms. The maximum Gasteiger partial charge on any atom is 0.131 e. The fourth-order valence-corrected chi connectivity index (χ4v) is 5.74. The molecule has 0 atom stereocenters. The van der Waals surface area contributed by atoms with Crippen LogP contribution in [-0.2, 0) is 0 Å². The molecule has 7 aromatic rings. The largest absolute Gasteiger partial charge is 0.309 e. The first kappa shape index (κ1) is 20.4. The van der Waals surface area contributed by atoms with E-state index in [9.17, 15) is 0 Å². The molecule has 0 amide bonds. The zero-order valence-corrected chi connectivity index (χ0v) is 20.3. The van der Waals surface area contributed by atoms with Crippen LogP contribution in [-0.4, -0.2) is 4.57 Å². The molecule has 0 saturated carbocycles. The predicted molar refractivity (Wildman–Crippen MR) is 149 cm³/mol. The topological polar surface area (TPSA) is 4.93 Å². The van der Waals surface area contributed by atoms with Crippen LogP contribution in [0.2, 0.25) is 0 Å². The van der Waals surface area contributed by atoms with Crippen LogP contribution in [0.15, 0.2) is 120 Å². The second-order valence-corrected chi connectivity index (χ2v) is 9.80. The van der Waals surface area contributed by atoms with Crippen molar-refractivity contribution in [1.29, 1.82) is 0 Å². The summed E-state index contributed by atoms with van der Waals surface area (Å²) in [4.78, 5) is 0. The minimum absolute atomic E-state index is 0.216. The highest BCUT2D eigenvalue weighted by atomic mass is 79.9. The van der Waals surface area contributed by atoms with E-state index in [1.54, 1.807) is 6.07 Å². The van der Waals surface area contributed by atoms with E-state index in [1.807, 2.05) is 48.5 Å². The van der Waals surface area contributed by atoms with E-state index in [4.69, 9.17) is 0 Å². The normalized spacial score (nSPS) is 11.7. The summed E-state index contributed by atoms with van der Waals surface area (Å²) in [5.74, 6) is -0.216. The summed E-state index contributed by atoms with van der Waals surface area (Å²) >= 11 is 3.64. The Morgan fingerprint density at radius 2 is 1.23 bits per heavy atom. The lowest BCUT2D eigenvalue weighted by Crippen LogP contribution is -1.97. The maximum absolute atomic E-state index is 15.8. The van der Waals surface area contributed by atoms with Gasteiger partial charge in [0.15, 0.2) is 0 Å². The molecule has 1 aromatic heterocycles. The summed E-state index contributed by atoms with van der Waals surface area (Å²) in [5, 5.41) is 6.48. The Balaban J connectivity index is 1.74. The quantitative estimate of drug-likeness (QED) is 0.216. The SMILES string of the molecule is Fc1cc2ccccc2cc1-c1cc2ccccc2c2c3ccccc3n(-c3cccc(Br)c3)c12. The minimum atomic E-state index is -0.216. The highest BCUT2D eigenvalue weighted by molar-refractivity contribution is 9.10. The lowest BCUT2D eigenvalue weighted by atomic mass is 9.94. The van der Waals surface area contributed by atoms with Gasteiger partial charge in [-0.2, -0.15) is 0 Å². The monoisotopic (exact) mass is 515 g/mol. The second-order valence-electron chi connectivity index (χ2n) is 8.88. The third kappa shape index (κ3) is 3.12. The molecular formula is C32H19BrFN. The van der Waals surface area contributed by atoms with Crippen molar-refractivity contribution in [2.75, 3.05) is 0 Å². The first-order chi connectivity index (χ1) is 17.2. The third-order valence-corrected chi connectivity index (χ3v) is 7.34. The molecule has 3 heteroatoms. The van der Waals surface area contributed by atoms with E-state index in [-0.39, 0.29) is 5.82 Å². The molecular weight excluding hydrogens is 497 g/mol. The summed E-state index contributed by atoms with van der Waals surface area (Å²) < 4.78 is 19.0. The molecule has 1 nitrogen and oxygen atoms in total. The van der Waals surface area contributed by atoms with Crippen molar-refractivity contribution in [3.05, 3.63) is 126 Å².